The van der Waals surface area contributed by atoms with Crippen LogP contribution in [0.25, 0.3) is 0 Å². The van der Waals surface area contributed by atoms with Crippen molar-refractivity contribution in [3.63, 3.8) is 0 Å². The van der Waals surface area contributed by atoms with E-state index in [2.05, 4.69) is 25.1 Å². The highest BCUT2D eigenvalue weighted by atomic mass is 19.3. The molecule has 1 aromatic heterocycles. The zero-order valence-electron chi connectivity index (χ0n) is 14.3. The number of anilines is 2. The van der Waals surface area contributed by atoms with Crippen molar-refractivity contribution in [2.45, 2.75) is 45.3 Å². The van der Waals surface area contributed by atoms with Gasteiger partial charge in [0.25, 0.3) is 0 Å². The van der Waals surface area contributed by atoms with E-state index in [4.69, 9.17) is 4.52 Å². The van der Waals surface area contributed by atoms with Gasteiger partial charge in [0.05, 0.1) is 0 Å². The van der Waals surface area contributed by atoms with Crippen LogP contribution < -0.4 is 15.0 Å². The number of hydrogen-bond donors (Lipinski definition) is 1. The molecule has 1 aromatic carbocycles. The van der Waals surface area contributed by atoms with Gasteiger partial charge in [0.1, 0.15) is 5.75 Å². The topological polar surface area (TPSA) is 63.4 Å². The summed E-state index contributed by atoms with van der Waals surface area (Å²) in [6.07, 6.45) is 2.01. The van der Waals surface area contributed by atoms with Gasteiger partial charge >= 0.3 is 12.6 Å². The molecule has 2 heterocycles. The summed E-state index contributed by atoms with van der Waals surface area (Å²) >= 11 is 0. The SMILES string of the molecule is CC(C)c1noc(NC2CCCN(c3ccc(OC(F)F)cc3)C2)n1. The number of benzene rings is 1. The molecule has 0 spiro atoms. The minimum Gasteiger partial charge on any atom is -0.435 e. The monoisotopic (exact) mass is 352 g/mol. The number of rotatable bonds is 6. The lowest BCUT2D eigenvalue weighted by molar-refractivity contribution is -0.0498. The molecule has 1 fully saturated rings. The summed E-state index contributed by atoms with van der Waals surface area (Å²) in [5.74, 6) is 1.07. The molecule has 1 unspecified atom stereocenters. The van der Waals surface area contributed by atoms with Crippen LogP contribution in [0, 0.1) is 0 Å². The highest BCUT2D eigenvalue weighted by Gasteiger charge is 2.22. The summed E-state index contributed by atoms with van der Waals surface area (Å²) in [5, 5.41) is 7.24. The van der Waals surface area contributed by atoms with Gasteiger partial charge in [-0.15, -0.1) is 0 Å². The third-order valence-corrected chi connectivity index (χ3v) is 4.13. The molecule has 1 atom stereocenters. The summed E-state index contributed by atoms with van der Waals surface area (Å²) in [7, 11) is 0. The zero-order valence-corrected chi connectivity index (χ0v) is 14.3. The minimum atomic E-state index is -2.81. The van der Waals surface area contributed by atoms with Crippen molar-refractivity contribution in [2.75, 3.05) is 23.3 Å². The van der Waals surface area contributed by atoms with Crippen molar-refractivity contribution in [2.24, 2.45) is 0 Å². The molecule has 3 rings (SSSR count). The highest BCUT2D eigenvalue weighted by Crippen LogP contribution is 2.25. The van der Waals surface area contributed by atoms with E-state index in [9.17, 15) is 8.78 Å². The number of nitrogens with zero attached hydrogens (tertiary/aromatic N) is 3. The molecule has 0 amide bonds. The van der Waals surface area contributed by atoms with Crippen molar-refractivity contribution in [1.82, 2.24) is 10.1 Å². The molecule has 8 heteroatoms. The van der Waals surface area contributed by atoms with Crippen LogP contribution in [0.1, 0.15) is 38.4 Å². The number of alkyl halides is 2. The maximum absolute atomic E-state index is 12.2. The Labute approximate surface area is 145 Å². The molecule has 1 aliphatic heterocycles. The normalized spacial score (nSPS) is 18.0. The predicted molar refractivity (Wildman–Crippen MR) is 90.3 cm³/mol. The lowest BCUT2D eigenvalue weighted by Crippen LogP contribution is -2.42. The van der Waals surface area contributed by atoms with Gasteiger partial charge in [-0.1, -0.05) is 19.0 Å². The Hall–Kier alpha value is -2.38. The predicted octanol–water partition coefficient (Wildman–Crippen LogP) is 3.88. The number of nitrogens with one attached hydrogen (secondary N) is 1. The third-order valence-electron chi connectivity index (χ3n) is 4.13. The molecular formula is C17H22F2N4O2. The first-order chi connectivity index (χ1) is 12.0. The lowest BCUT2D eigenvalue weighted by atomic mass is 10.1. The summed E-state index contributed by atoms with van der Waals surface area (Å²) in [4.78, 5) is 6.55. The van der Waals surface area contributed by atoms with Crippen LogP contribution in [0.15, 0.2) is 28.8 Å². The van der Waals surface area contributed by atoms with Gasteiger partial charge in [0.15, 0.2) is 5.82 Å². The van der Waals surface area contributed by atoms with Crippen molar-refractivity contribution >= 4 is 11.7 Å². The van der Waals surface area contributed by atoms with Crippen LogP contribution in [0.5, 0.6) is 5.75 Å². The van der Waals surface area contributed by atoms with E-state index in [1.807, 2.05) is 13.8 Å². The van der Waals surface area contributed by atoms with Crippen molar-refractivity contribution in [1.29, 1.82) is 0 Å². The number of halogens is 2. The Kier molecular flexibility index (Phi) is 5.35. The molecule has 0 saturated carbocycles. The van der Waals surface area contributed by atoms with Gasteiger partial charge in [-0.2, -0.15) is 13.8 Å². The quantitative estimate of drug-likeness (QED) is 0.851. The Morgan fingerprint density at radius 1 is 1.28 bits per heavy atom. The second-order valence-corrected chi connectivity index (χ2v) is 6.41. The standard InChI is InChI=1S/C17H22F2N4O2/c1-11(2)15-21-17(25-22-15)20-12-4-3-9-23(10-12)13-5-7-14(8-6-13)24-16(18)19/h5-8,11-12,16H,3-4,9-10H2,1-2H3,(H,20,21,22). The van der Waals surface area contributed by atoms with E-state index in [1.165, 1.54) is 0 Å². The fourth-order valence-electron chi connectivity index (χ4n) is 2.87. The molecular weight excluding hydrogens is 330 g/mol. The van der Waals surface area contributed by atoms with Crippen LogP contribution in [0.4, 0.5) is 20.5 Å². The first kappa shape index (κ1) is 17.4. The Bertz CT molecular complexity index is 676. The second-order valence-electron chi connectivity index (χ2n) is 6.41. The van der Waals surface area contributed by atoms with Gasteiger partial charge in [0, 0.05) is 30.7 Å². The molecule has 6 nitrogen and oxygen atoms in total. The van der Waals surface area contributed by atoms with Crippen molar-refractivity contribution in [3.05, 3.63) is 30.1 Å². The van der Waals surface area contributed by atoms with Crippen LogP contribution in [-0.2, 0) is 0 Å². The zero-order chi connectivity index (χ0) is 17.8. The first-order valence-corrected chi connectivity index (χ1v) is 8.41. The van der Waals surface area contributed by atoms with Crippen LogP contribution in [-0.4, -0.2) is 35.9 Å². The summed E-state index contributed by atoms with van der Waals surface area (Å²) in [5.41, 5.74) is 0.974. The molecule has 136 valence electrons. The molecule has 1 saturated heterocycles. The van der Waals surface area contributed by atoms with E-state index < -0.39 is 6.61 Å². The average Bonchev–Trinajstić information content (AvgIpc) is 3.04. The fraction of sp³-hybridized carbons (Fsp3) is 0.529. The lowest BCUT2D eigenvalue weighted by Gasteiger charge is -2.34. The molecule has 1 aliphatic rings. The van der Waals surface area contributed by atoms with Crippen LogP contribution in [0.3, 0.4) is 0 Å². The Morgan fingerprint density at radius 3 is 2.68 bits per heavy atom. The highest BCUT2D eigenvalue weighted by molar-refractivity contribution is 5.50. The van der Waals surface area contributed by atoms with E-state index in [1.54, 1.807) is 24.3 Å². The van der Waals surface area contributed by atoms with E-state index >= 15 is 0 Å². The Balaban J connectivity index is 1.60. The number of aromatic nitrogens is 2. The third kappa shape index (κ3) is 4.58. The number of hydrogen-bond acceptors (Lipinski definition) is 6. The maximum Gasteiger partial charge on any atom is 0.387 e. The minimum absolute atomic E-state index is 0.164. The van der Waals surface area contributed by atoms with Crippen LogP contribution in [0.2, 0.25) is 0 Å². The smallest absolute Gasteiger partial charge is 0.387 e. The van der Waals surface area contributed by atoms with E-state index in [0.29, 0.717) is 11.8 Å². The molecule has 0 aliphatic carbocycles. The number of ether oxygens (including phenoxy) is 1. The van der Waals surface area contributed by atoms with Gasteiger partial charge in [-0.25, -0.2) is 0 Å². The summed E-state index contributed by atoms with van der Waals surface area (Å²) in [6, 6.07) is 7.34. The molecule has 25 heavy (non-hydrogen) atoms. The molecule has 1 N–H and O–H groups in total. The summed E-state index contributed by atoms with van der Waals surface area (Å²) in [6.45, 7) is 2.90. The molecule has 0 radical (unpaired) electrons. The second kappa shape index (κ2) is 7.67. The van der Waals surface area contributed by atoms with Gasteiger partial charge < -0.3 is 19.5 Å². The summed E-state index contributed by atoms with van der Waals surface area (Å²) < 4.78 is 34.1. The van der Waals surface area contributed by atoms with Gasteiger partial charge in [-0.3, -0.25) is 0 Å². The molecule has 2 aromatic rings. The van der Waals surface area contributed by atoms with E-state index in [-0.39, 0.29) is 17.7 Å². The largest absolute Gasteiger partial charge is 0.435 e. The van der Waals surface area contributed by atoms with Crippen molar-refractivity contribution < 1.29 is 18.0 Å². The molecule has 0 bridgehead atoms. The maximum atomic E-state index is 12.2. The van der Waals surface area contributed by atoms with E-state index in [0.717, 1.165) is 31.6 Å². The van der Waals surface area contributed by atoms with Gasteiger partial charge in [-0.05, 0) is 37.1 Å². The average molecular weight is 352 g/mol. The van der Waals surface area contributed by atoms with Gasteiger partial charge in [0.2, 0.25) is 0 Å². The number of piperidine rings is 1. The first-order valence-electron chi connectivity index (χ1n) is 8.41. The Morgan fingerprint density at radius 2 is 2.04 bits per heavy atom. The van der Waals surface area contributed by atoms with Crippen LogP contribution >= 0.6 is 0 Å². The van der Waals surface area contributed by atoms with Crippen molar-refractivity contribution in [3.8, 4) is 5.75 Å². The fourth-order valence-corrected chi connectivity index (χ4v) is 2.87.